The van der Waals surface area contributed by atoms with E-state index in [0.29, 0.717) is 18.4 Å². The molecule has 0 bridgehead atoms. The molecule has 2 aliphatic heterocycles. The van der Waals surface area contributed by atoms with E-state index in [2.05, 4.69) is 25.1 Å². The monoisotopic (exact) mass is 357 g/mol. The van der Waals surface area contributed by atoms with Gasteiger partial charge in [0, 0.05) is 56.3 Å². The summed E-state index contributed by atoms with van der Waals surface area (Å²) in [5, 5.41) is 3.14. The minimum atomic E-state index is 0.210. The van der Waals surface area contributed by atoms with E-state index in [-0.39, 0.29) is 5.41 Å². The number of nitrogens with one attached hydrogen (secondary N) is 1. The lowest BCUT2D eigenvalue weighted by molar-refractivity contribution is -0.140. The Morgan fingerprint density at radius 2 is 1.96 bits per heavy atom. The third-order valence-electron chi connectivity index (χ3n) is 6.50. The minimum absolute atomic E-state index is 0.210. The fraction of sp³-hybridized carbons (Fsp3) is 0.750. The number of aromatic nitrogens is 2. The Morgan fingerprint density at radius 3 is 2.73 bits per heavy atom. The maximum absolute atomic E-state index is 12.6. The van der Waals surface area contributed by atoms with Crippen LogP contribution in [0, 0.1) is 12.3 Å². The van der Waals surface area contributed by atoms with Crippen molar-refractivity contribution >= 4 is 17.7 Å². The van der Waals surface area contributed by atoms with Gasteiger partial charge in [-0.2, -0.15) is 4.98 Å². The molecule has 1 aromatic heterocycles. The molecule has 3 aliphatic rings. The van der Waals surface area contributed by atoms with Crippen molar-refractivity contribution in [1.82, 2.24) is 14.9 Å². The predicted octanol–water partition coefficient (Wildman–Crippen LogP) is 2.98. The fourth-order valence-electron chi connectivity index (χ4n) is 5.13. The van der Waals surface area contributed by atoms with E-state index in [1.54, 1.807) is 0 Å². The van der Waals surface area contributed by atoms with Crippen molar-refractivity contribution in [2.75, 3.05) is 36.9 Å². The van der Waals surface area contributed by atoms with Crippen molar-refractivity contribution in [3.8, 4) is 0 Å². The van der Waals surface area contributed by atoms with Crippen molar-refractivity contribution in [1.29, 1.82) is 0 Å². The molecule has 2 saturated heterocycles. The highest BCUT2D eigenvalue weighted by Gasteiger charge is 2.44. The highest BCUT2D eigenvalue weighted by molar-refractivity contribution is 5.77. The van der Waals surface area contributed by atoms with E-state index in [1.165, 1.54) is 32.1 Å². The zero-order valence-corrected chi connectivity index (χ0v) is 16.1. The van der Waals surface area contributed by atoms with E-state index in [4.69, 9.17) is 0 Å². The number of nitrogens with zero attached hydrogens (tertiary/aromatic N) is 4. The third-order valence-corrected chi connectivity index (χ3v) is 6.50. The molecule has 6 heteroatoms. The van der Waals surface area contributed by atoms with Crippen LogP contribution in [0.25, 0.3) is 0 Å². The van der Waals surface area contributed by atoms with Gasteiger partial charge in [-0.25, -0.2) is 4.98 Å². The molecule has 1 aliphatic carbocycles. The Balaban J connectivity index is 1.54. The number of carbonyl (C=O) groups excluding carboxylic acids is 1. The Hall–Kier alpha value is -1.85. The summed E-state index contributed by atoms with van der Waals surface area (Å²) >= 11 is 0. The van der Waals surface area contributed by atoms with Crippen LogP contribution in [0.15, 0.2) is 6.07 Å². The van der Waals surface area contributed by atoms with Gasteiger partial charge in [0.05, 0.1) is 0 Å². The van der Waals surface area contributed by atoms with Crippen molar-refractivity contribution in [3.05, 3.63) is 11.8 Å². The number of piperidine rings is 2. The van der Waals surface area contributed by atoms with E-state index in [9.17, 15) is 4.79 Å². The molecule has 1 N–H and O–H groups in total. The van der Waals surface area contributed by atoms with Crippen molar-refractivity contribution in [2.24, 2.45) is 5.41 Å². The molecule has 26 heavy (non-hydrogen) atoms. The number of amides is 1. The molecule has 1 unspecified atom stereocenters. The zero-order valence-electron chi connectivity index (χ0n) is 16.1. The predicted molar refractivity (Wildman–Crippen MR) is 103 cm³/mol. The van der Waals surface area contributed by atoms with Gasteiger partial charge in [-0.15, -0.1) is 0 Å². The zero-order chi connectivity index (χ0) is 18.1. The van der Waals surface area contributed by atoms with Crippen molar-refractivity contribution < 1.29 is 4.79 Å². The number of likely N-dealkylation sites (tertiary alicyclic amines) is 1. The van der Waals surface area contributed by atoms with Gasteiger partial charge in [0.2, 0.25) is 11.9 Å². The Kier molecular flexibility index (Phi) is 4.76. The highest BCUT2D eigenvalue weighted by Crippen LogP contribution is 2.41. The molecule has 6 nitrogen and oxygen atoms in total. The molecule has 0 aromatic carbocycles. The summed E-state index contributed by atoms with van der Waals surface area (Å²) in [7, 11) is 1.90. The van der Waals surface area contributed by atoms with Gasteiger partial charge >= 0.3 is 0 Å². The molecule has 1 aromatic rings. The van der Waals surface area contributed by atoms with Gasteiger partial charge in [0.15, 0.2) is 0 Å². The second-order valence-electron chi connectivity index (χ2n) is 8.43. The maximum Gasteiger partial charge on any atom is 0.227 e. The first kappa shape index (κ1) is 17.6. The van der Waals surface area contributed by atoms with E-state index < -0.39 is 0 Å². The first-order valence-corrected chi connectivity index (χ1v) is 10.2. The fourth-order valence-corrected chi connectivity index (χ4v) is 5.13. The van der Waals surface area contributed by atoms with Gasteiger partial charge in [-0.05, 0) is 39.0 Å². The van der Waals surface area contributed by atoms with Gasteiger partial charge in [-0.3, -0.25) is 4.79 Å². The van der Waals surface area contributed by atoms with Crippen LogP contribution < -0.4 is 10.2 Å². The smallest absolute Gasteiger partial charge is 0.227 e. The quantitative estimate of drug-likeness (QED) is 0.901. The molecular formula is C20H31N5O. The summed E-state index contributed by atoms with van der Waals surface area (Å²) in [6, 6.07) is 2.46. The van der Waals surface area contributed by atoms with Crippen LogP contribution in [0.5, 0.6) is 0 Å². The second kappa shape index (κ2) is 7.05. The maximum atomic E-state index is 12.6. The molecule has 1 amide bonds. The Morgan fingerprint density at radius 1 is 1.15 bits per heavy atom. The molecule has 3 heterocycles. The van der Waals surface area contributed by atoms with Crippen LogP contribution in [-0.4, -0.2) is 53.5 Å². The van der Waals surface area contributed by atoms with Gasteiger partial charge in [0.1, 0.15) is 5.82 Å². The first-order valence-electron chi connectivity index (χ1n) is 10.2. The molecule has 3 fully saturated rings. The molecule has 1 saturated carbocycles. The van der Waals surface area contributed by atoms with E-state index >= 15 is 0 Å². The van der Waals surface area contributed by atoms with Crippen LogP contribution in [-0.2, 0) is 4.79 Å². The third kappa shape index (κ3) is 3.38. The number of hydrogen-bond donors (Lipinski definition) is 1. The normalized spacial score (nSPS) is 27.4. The number of hydrogen-bond acceptors (Lipinski definition) is 5. The largest absolute Gasteiger partial charge is 0.373 e. The SMILES string of the molecule is CNc1cc(C)nc(N2CCCC3(CCC(=O)N(C4CCCC4)C3)C2)n1. The lowest BCUT2D eigenvalue weighted by Gasteiger charge is -2.49. The highest BCUT2D eigenvalue weighted by atomic mass is 16.2. The summed E-state index contributed by atoms with van der Waals surface area (Å²) < 4.78 is 0. The summed E-state index contributed by atoms with van der Waals surface area (Å²) in [6.07, 6.45) is 9.02. The minimum Gasteiger partial charge on any atom is -0.373 e. The van der Waals surface area contributed by atoms with E-state index in [1.807, 2.05) is 20.0 Å². The lowest BCUT2D eigenvalue weighted by Crippen LogP contribution is -2.56. The number of rotatable bonds is 3. The molecule has 1 spiro atoms. The first-order chi connectivity index (χ1) is 12.6. The number of carbonyl (C=O) groups is 1. The van der Waals surface area contributed by atoms with Crippen LogP contribution in [0.3, 0.4) is 0 Å². The van der Waals surface area contributed by atoms with Gasteiger partial charge in [0.25, 0.3) is 0 Å². The molecule has 1 atom stereocenters. The molecule has 0 radical (unpaired) electrons. The van der Waals surface area contributed by atoms with Crippen LogP contribution in [0.2, 0.25) is 0 Å². The summed E-state index contributed by atoms with van der Waals surface area (Å²) in [6.45, 7) is 4.92. The summed E-state index contributed by atoms with van der Waals surface area (Å²) in [4.78, 5) is 26.5. The van der Waals surface area contributed by atoms with Gasteiger partial charge < -0.3 is 15.1 Å². The molecule has 142 valence electrons. The Bertz CT molecular complexity index is 672. The summed E-state index contributed by atoms with van der Waals surface area (Å²) in [5.41, 5.74) is 1.20. The van der Waals surface area contributed by atoms with Crippen LogP contribution >= 0.6 is 0 Å². The Labute approximate surface area is 156 Å². The molecule has 4 rings (SSSR count). The van der Waals surface area contributed by atoms with Crippen LogP contribution in [0.4, 0.5) is 11.8 Å². The number of anilines is 2. The van der Waals surface area contributed by atoms with E-state index in [0.717, 1.165) is 49.9 Å². The number of aryl methyl sites for hydroxylation is 1. The second-order valence-corrected chi connectivity index (χ2v) is 8.43. The standard InChI is InChI=1S/C20H31N5O/c1-15-12-17(21-2)23-19(22-15)24-11-5-9-20(13-24)10-8-18(26)25(14-20)16-6-3-4-7-16/h12,16H,3-11,13-14H2,1-2H3,(H,21,22,23). The lowest BCUT2D eigenvalue weighted by atomic mass is 9.73. The van der Waals surface area contributed by atoms with Crippen LogP contribution in [0.1, 0.15) is 57.1 Å². The van der Waals surface area contributed by atoms with Crippen molar-refractivity contribution in [3.63, 3.8) is 0 Å². The summed E-state index contributed by atoms with van der Waals surface area (Å²) in [5.74, 6) is 2.08. The average molecular weight is 358 g/mol. The topological polar surface area (TPSA) is 61.4 Å². The van der Waals surface area contributed by atoms with Crippen molar-refractivity contribution in [2.45, 2.75) is 64.3 Å². The van der Waals surface area contributed by atoms with Gasteiger partial charge in [-0.1, -0.05) is 12.8 Å². The molecular weight excluding hydrogens is 326 g/mol. The average Bonchev–Trinajstić information content (AvgIpc) is 3.18.